The number of hydrogen-bond donors (Lipinski definition) is 0. The van der Waals surface area contributed by atoms with E-state index in [9.17, 15) is 4.79 Å². The Kier molecular flexibility index (Phi) is 3.75. The minimum Gasteiger partial charge on any atom is -0.378 e. The predicted octanol–water partition coefficient (Wildman–Crippen LogP) is 2.73. The fourth-order valence-electron chi connectivity index (χ4n) is 3.34. The number of anilines is 2. The molecule has 4 heteroatoms. The molecule has 4 rings (SSSR count). The van der Waals surface area contributed by atoms with Gasteiger partial charge >= 0.3 is 0 Å². The zero-order chi connectivity index (χ0) is 15.6. The monoisotopic (exact) mass is 308 g/mol. The first-order chi connectivity index (χ1) is 11.3. The average molecular weight is 308 g/mol. The van der Waals surface area contributed by atoms with E-state index in [0.29, 0.717) is 0 Å². The van der Waals surface area contributed by atoms with Crippen LogP contribution in [0.25, 0.3) is 0 Å². The van der Waals surface area contributed by atoms with Gasteiger partial charge in [-0.3, -0.25) is 4.79 Å². The fourth-order valence-corrected chi connectivity index (χ4v) is 3.34. The predicted molar refractivity (Wildman–Crippen MR) is 91.3 cm³/mol. The van der Waals surface area contributed by atoms with Crippen LogP contribution in [0.2, 0.25) is 0 Å². The lowest BCUT2D eigenvalue weighted by atomic mass is 10.1. The third kappa shape index (κ3) is 2.70. The fraction of sp³-hybridized carbons (Fsp3) is 0.316. The van der Waals surface area contributed by atoms with Gasteiger partial charge in [-0.05, 0) is 42.3 Å². The van der Waals surface area contributed by atoms with E-state index < -0.39 is 0 Å². The molecule has 0 atom stereocenters. The van der Waals surface area contributed by atoms with E-state index in [4.69, 9.17) is 4.74 Å². The lowest BCUT2D eigenvalue weighted by Crippen LogP contribution is -2.36. The summed E-state index contributed by atoms with van der Waals surface area (Å²) in [5, 5.41) is 0. The van der Waals surface area contributed by atoms with E-state index in [1.54, 1.807) is 0 Å². The van der Waals surface area contributed by atoms with E-state index >= 15 is 0 Å². The van der Waals surface area contributed by atoms with Gasteiger partial charge in [0, 0.05) is 36.6 Å². The summed E-state index contributed by atoms with van der Waals surface area (Å²) in [6.07, 6.45) is 0.938. The van der Waals surface area contributed by atoms with Crippen molar-refractivity contribution in [3.63, 3.8) is 0 Å². The molecule has 4 nitrogen and oxygen atoms in total. The van der Waals surface area contributed by atoms with Gasteiger partial charge in [0.25, 0.3) is 5.91 Å². The number of morpholine rings is 1. The highest BCUT2D eigenvalue weighted by molar-refractivity contribution is 6.07. The molecule has 0 aliphatic carbocycles. The van der Waals surface area contributed by atoms with Crippen molar-refractivity contribution in [1.29, 1.82) is 0 Å². The number of hydrogen-bond acceptors (Lipinski definition) is 3. The topological polar surface area (TPSA) is 32.8 Å². The molecule has 23 heavy (non-hydrogen) atoms. The van der Waals surface area contributed by atoms with Crippen molar-refractivity contribution in [3.05, 3.63) is 59.7 Å². The molecule has 0 spiro atoms. The molecule has 2 aliphatic rings. The molecular formula is C19H20N2O2. The van der Waals surface area contributed by atoms with E-state index in [-0.39, 0.29) is 5.91 Å². The molecule has 1 saturated heterocycles. The molecule has 0 unspecified atom stereocenters. The molecule has 2 aromatic rings. The molecule has 0 aromatic heterocycles. The second-order valence-electron chi connectivity index (χ2n) is 5.98. The summed E-state index contributed by atoms with van der Waals surface area (Å²) < 4.78 is 5.38. The van der Waals surface area contributed by atoms with Gasteiger partial charge in [0.15, 0.2) is 0 Å². The number of amides is 1. The van der Waals surface area contributed by atoms with Crippen molar-refractivity contribution >= 4 is 17.3 Å². The Balaban J connectivity index is 1.53. The number of rotatable bonds is 2. The minimum absolute atomic E-state index is 0.0866. The largest absolute Gasteiger partial charge is 0.378 e. The van der Waals surface area contributed by atoms with E-state index in [1.807, 2.05) is 47.4 Å². The summed E-state index contributed by atoms with van der Waals surface area (Å²) in [7, 11) is 0. The van der Waals surface area contributed by atoms with E-state index in [1.165, 1.54) is 5.56 Å². The Bertz CT molecular complexity index is 706. The van der Waals surface area contributed by atoms with Crippen molar-refractivity contribution in [2.24, 2.45) is 0 Å². The lowest BCUT2D eigenvalue weighted by Gasteiger charge is -2.29. The molecule has 0 bridgehead atoms. The van der Waals surface area contributed by atoms with Crippen molar-refractivity contribution in [2.45, 2.75) is 6.42 Å². The highest BCUT2D eigenvalue weighted by Crippen LogP contribution is 2.29. The number of carbonyl (C=O) groups is 1. The second-order valence-corrected chi connectivity index (χ2v) is 5.98. The summed E-state index contributed by atoms with van der Waals surface area (Å²) in [6.45, 7) is 4.12. The minimum atomic E-state index is 0.0866. The second kappa shape index (κ2) is 6.05. The highest BCUT2D eigenvalue weighted by atomic mass is 16.5. The molecular weight excluding hydrogens is 288 g/mol. The first-order valence-electron chi connectivity index (χ1n) is 8.15. The maximum atomic E-state index is 12.8. The number of ether oxygens (including phenoxy) is 1. The number of para-hydroxylation sites is 1. The number of fused-ring (bicyclic) bond motifs is 1. The first kappa shape index (κ1) is 14.3. The van der Waals surface area contributed by atoms with Gasteiger partial charge in [0.1, 0.15) is 0 Å². The van der Waals surface area contributed by atoms with Crippen LogP contribution in [0.1, 0.15) is 15.9 Å². The molecule has 2 aliphatic heterocycles. The quantitative estimate of drug-likeness (QED) is 0.855. The smallest absolute Gasteiger partial charge is 0.258 e. The van der Waals surface area contributed by atoms with Crippen LogP contribution < -0.4 is 9.80 Å². The van der Waals surface area contributed by atoms with Crippen LogP contribution in [0.3, 0.4) is 0 Å². The van der Waals surface area contributed by atoms with Crippen LogP contribution in [-0.2, 0) is 11.2 Å². The summed E-state index contributed by atoms with van der Waals surface area (Å²) in [5.41, 5.74) is 4.21. The summed E-state index contributed by atoms with van der Waals surface area (Å²) in [4.78, 5) is 17.0. The van der Waals surface area contributed by atoms with Crippen LogP contribution in [0, 0.1) is 0 Å². The number of nitrogens with zero attached hydrogens (tertiary/aromatic N) is 2. The SMILES string of the molecule is O=C(c1ccc(N2CCOCC2)cc1)N1CCc2ccccc21. The van der Waals surface area contributed by atoms with Gasteiger partial charge in [0.05, 0.1) is 13.2 Å². The van der Waals surface area contributed by atoms with Gasteiger partial charge in [-0.25, -0.2) is 0 Å². The van der Waals surface area contributed by atoms with Crippen molar-refractivity contribution in [3.8, 4) is 0 Å². The Morgan fingerprint density at radius 2 is 1.65 bits per heavy atom. The molecule has 1 fully saturated rings. The van der Waals surface area contributed by atoms with Gasteiger partial charge in [0.2, 0.25) is 0 Å². The molecule has 0 saturated carbocycles. The Labute approximate surface area is 136 Å². The summed E-state index contributed by atoms with van der Waals surface area (Å²) >= 11 is 0. The Morgan fingerprint density at radius 1 is 0.913 bits per heavy atom. The highest BCUT2D eigenvalue weighted by Gasteiger charge is 2.25. The van der Waals surface area contributed by atoms with Crippen molar-refractivity contribution in [1.82, 2.24) is 0 Å². The first-order valence-corrected chi connectivity index (χ1v) is 8.15. The van der Waals surface area contributed by atoms with E-state index in [2.05, 4.69) is 11.0 Å². The maximum Gasteiger partial charge on any atom is 0.258 e. The van der Waals surface area contributed by atoms with E-state index in [0.717, 1.165) is 56.2 Å². The standard InChI is InChI=1S/C19H20N2O2/c22-19(21-10-9-15-3-1-2-4-18(15)21)16-5-7-17(8-6-16)20-11-13-23-14-12-20/h1-8H,9-14H2. The van der Waals surface area contributed by atoms with Crippen LogP contribution in [-0.4, -0.2) is 38.8 Å². The van der Waals surface area contributed by atoms with Crippen LogP contribution in [0.5, 0.6) is 0 Å². The molecule has 0 radical (unpaired) electrons. The van der Waals surface area contributed by atoms with Crippen LogP contribution in [0.4, 0.5) is 11.4 Å². The van der Waals surface area contributed by atoms with Gasteiger partial charge in [-0.1, -0.05) is 18.2 Å². The van der Waals surface area contributed by atoms with Gasteiger partial charge in [-0.2, -0.15) is 0 Å². The lowest BCUT2D eigenvalue weighted by molar-refractivity contribution is 0.0989. The normalized spacial score (nSPS) is 17.2. The summed E-state index contributed by atoms with van der Waals surface area (Å²) in [5.74, 6) is 0.0866. The third-order valence-corrected chi connectivity index (χ3v) is 4.62. The van der Waals surface area contributed by atoms with Crippen molar-refractivity contribution in [2.75, 3.05) is 42.6 Å². The maximum absolute atomic E-state index is 12.8. The zero-order valence-electron chi connectivity index (χ0n) is 13.1. The Morgan fingerprint density at radius 3 is 2.43 bits per heavy atom. The number of carbonyl (C=O) groups excluding carboxylic acids is 1. The molecule has 2 heterocycles. The molecule has 0 N–H and O–H groups in total. The third-order valence-electron chi connectivity index (χ3n) is 4.62. The van der Waals surface area contributed by atoms with Crippen LogP contribution >= 0.6 is 0 Å². The van der Waals surface area contributed by atoms with Crippen LogP contribution in [0.15, 0.2) is 48.5 Å². The summed E-state index contributed by atoms with van der Waals surface area (Å²) in [6, 6.07) is 16.1. The zero-order valence-corrected chi connectivity index (χ0v) is 13.1. The Hall–Kier alpha value is -2.33. The van der Waals surface area contributed by atoms with Gasteiger partial charge in [-0.15, -0.1) is 0 Å². The molecule has 1 amide bonds. The number of benzene rings is 2. The molecule has 118 valence electrons. The van der Waals surface area contributed by atoms with Crippen molar-refractivity contribution < 1.29 is 9.53 Å². The molecule has 2 aromatic carbocycles. The average Bonchev–Trinajstić information content (AvgIpc) is 3.06. The van der Waals surface area contributed by atoms with Gasteiger partial charge < -0.3 is 14.5 Å².